The fourth-order valence-electron chi connectivity index (χ4n) is 2.68. The fraction of sp³-hybridized carbons (Fsp3) is 0.167. The Morgan fingerprint density at radius 3 is 2.11 bits per heavy atom. The van der Waals surface area contributed by atoms with Crippen molar-refractivity contribution in [1.29, 1.82) is 0 Å². The summed E-state index contributed by atoms with van der Waals surface area (Å²) in [5.74, 6) is 0.305. The van der Waals surface area contributed by atoms with Gasteiger partial charge in [0.25, 0.3) is 5.91 Å². The van der Waals surface area contributed by atoms with Crippen LogP contribution < -0.4 is 5.32 Å². The highest BCUT2D eigenvalue weighted by atomic mass is 16.3. The number of rotatable bonds is 5. The number of carbonyl (C=O) groups excluding carboxylic acids is 2. The molecule has 0 saturated carbocycles. The van der Waals surface area contributed by atoms with Gasteiger partial charge in [-0.1, -0.05) is 32.9 Å². The van der Waals surface area contributed by atoms with Gasteiger partial charge >= 0.3 is 0 Å². The Morgan fingerprint density at radius 1 is 0.893 bits per heavy atom. The van der Waals surface area contributed by atoms with Crippen LogP contribution in [0.2, 0.25) is 0 Å². The van der Waals surface area contributed by atoms with Gasteiger partial charge in [-0.2, -0.15) is 0 Å². The van der Waals surface area contributed by atoms with Crippen molar-refractivity contribution in [2.45, 2.75) is 26.2 Å². The van der Waals surface area contributed by atoms with Gasteiger partial charge in [-0.15, -0.1) is 0 Å². The van der Waals surface area contributed by atoms with E-state index in [-0.39, 0.29) is 17.1 Å². The van der Waals surface area contributed by atoms with Gasteiger partial charge in [0, 0.05) is 16.8 Å². The standard InChI is InChI=1S/C24H23NO3/c1-24(2,3)19-10-6-18(7-11-19)23(27)25-20-12-8-17(9-13-20)22(26)15-14-21-5-4-16-28-21/h4-16H,1-3H3,(H,25,27). The van der Waals surface area contributed by atoms with Crippen LogP contribution in [0.25, 0.3) is 6.08 Å². The van der Waals surface area contributed by atoms with Crippen molar-refractivity contribution >= 4 is 23.5 Å². The number of furan rings is 1. The van der Waals surface area contributed by atoms with E-state index in [1.54, 1.807) is 48.7 Å². The molecule has 1 amide bonds. The lowest BCUT2D eigenvalue weighted by molar-refractivity contribution is 0.102. The molecule has 0 unspecified atom stereocenters. The van der Waals surface area contributed by atoms with Crippen LogP contribution in [0.15, 0.2) is 77.4 Å². The largest absolute Gasteiger partial charge is 0.465 e. The molecule has 0 spiro atoms. The molecule has 0 atom stereocenters. The first-order valence-corrected chi connectivity index (χ1v) is 9.11. The maximum absolute atomic E-state index is 12.4. The number of amides is 1. The van der Waals surface area contributed by atoms with Gasteiger partial charge in [-0.25, -0.2) is 0 Å². The highest BCUT2D eigenvalue weighted by Gasteiger charge is 2.14. The highest BCUT2D eigenvalue weighted by Crippen LogP contribution is 2.22. The molecule has 1 aromatic heterocycles. The first-order valence-electron chi connectivity index (χ1n) is 9.11. The third kappa shape index (κ3) is 4.86. The molecule has 0 aliphatic heterocycles. The summed E-state index contributed by atoms with van der Waals surface area (Å²) in [6, 6.07) is 17.9. The zero-order chi connectivity index (χ0) is 20.1. The van der Waals surface area contributed by atoms with E-state index >= 15 is 0 Å². The number of hydrogen-bond acceptors (Lipinski definition) is 3. The molecule has 0 bridgehead atoms. The van der Waals surface area contributed by atoms with E-state index in [4.69, 9.17) is 4.42 Å². The van der Waals surface area contributed by atoms with E-state index in [9.17, 15) is 9.59 Å². The Hall–Kier alpha value is -3.40. The summed E-state index contributed by atoms with van der Waals surface area (Å²) in [5, 5.41) is 2.85. The highest BCUT2D eigenvalue weighted by molar-refractivity contribution is 6.07. The lowest BCUT2D eigenvalue weighted by Crippen LogP contribution is -2.14. The summed E-state index contributed by atoms with van der Waals surface area (Å²) < 4.78 is 5.16. The minimum absolute atomic E-state index is 0.0444. The third-order valence-corrected chi connectivity index (χ3v) is 4.38. The summed E-state index contributed by atoms with van der Waals surface area (Å²) in [7, 11) is 0. The quantitative estimate of drug-likeness (QED) is 0.459. The number of hydrogen-bond donors (Lipinski definition) is 1. The Morgan fingerprint density at radius 2 is 1.54 bits per heavy atom. The van der Waals surface area contributed by atoms with E-state index < -0.39 is 0 Å². The third-order valence-electron chi connectivity index (χ3n) is 4.38. The molecule has 28 heavy (non-hydrogen) atoms. The molecule has 3 rings (SSSR count). The first-order chi connectivity index (χ1) is 13.3. The molecule has 3 aromatic rings. The van der Waals surface area contributed by atoms with Crippen molar-refractivity contribution in [2.75, 3.05) is 5.32 Å². The minimum atomic E-state index is -0.183. The molecule has 1 N–H and O–H groups in total. The molecule has 2 aromatic carbocycles. The molecule has 0 aliphatic carbocycles. The zero-order valence-electron chi connectivity index (χ0n) is 16.2. The molecule has 0 saturated heterocycles. The number of ketones is 1. The van der Waals surface area contributed by atoms with Crippen molar-refractivity contribution in [1.82, 2.24) is 0 Å². The van der Waals surface area contributed by atoms with E-state index in [1.165, 1.54) is 11.6 Å². The van der Waals surface area contributed by atoms with Crippen LogP contribution in [0.1, 0.15) is 52.8 Å². The van der Waals surface area contributed by atoms with Gasteiger partial charge in [-0.05, 0) is 71.7 Å². The molecule has 1 heterocycles. The summed E-state index contributed by atoms with van der Waals surface area (Å²) in [4.78, 5) is 24.6. The van der Waals surface area contributed by atoms with Crippen molar-refractivity contribution in [3.63, 3.8) is 0 Å². The number of benzene rings is 2. The summed E-state index contributed by atoms with van der Waals surface area (Å²) in [6.45, 7) is 6.40. The molecule has 4 nitrogen and oxygen atoms in total. The van der Waals surface area contributed by atoms with Gasteiger partial charge in [0.15, 0.2) is 5.78 Å². The van der Waals surface area contributed by atoms with Crippen LogP contribution in [0.4, 0.5) is 5.69 Å². The van der Waals surface area contributed by atoms with Gasteiger partial charge in [0.1, 0.15) is 5.76 Å². The Labute approximate surface area is 164 Å². The lowest BCUT2D eigenvalue weighted by Gasteiger charge is -2.19. The molecule has 0 fully saturated rings. The van der Waals surface area contributed by atoms with Gasteiger partial charge in [0.2, 0.25) is 0 Å². The predicted octanol–water partition coefficient (Wildman–Crippen LogP) is 5.73. The normalized spacial score (nSPS) is 11.5. The molecule has 4 heteroatoms. The van der Waals surface area contributed by atoms with Crippen molar-refractivity contribution in [2.24, 2.45) is 0 Å². The zero-order valence-corrected chi connectivity index (χ0v) is 16.2. The second-order valence-corrected chi connectivity index (χ2v) is 7.57. The predicted molar refractivity (Wildman–Crippen MR) is 112 cm³/mol. The molecule has 142 valence electrons. The fourth-order valence-corrected chi connectivity index (χ4v) is 2.68. The summed E-state index contributed by atoms with van der Waals surface area (Å²) in [5.41, 5.74) is 2.99. The average Bonchev–Trinajstić information content (AvgIpc) is 3.20. The molecular formula is C24H23NO3. The molecule has 0 radical (unpaired) electrons. The second kappa shape index (κ2) is 8.09. The van der Waals surface area contributed by atoms with E-state index in [0.29, 0.717) is 22.6 Å². The van der Waals surface area contributed by atoms with Gasteiger partial charge < -0.3 is 9.73 Å². The number of nitrogens with one attached hydrogen (secondary N) is 1. The van der Waals surface area contributed by atoms with Crippen molar-refractivity contribution in [3.8, 4) is 0 Å². The smallest absolute Gasteiger partial charge is 0.255 e. The lowest BCUT2D eigenvalue weighted by atomic mass is 9.87. The number of carbonyl (C=O) groups is 2. The van der Waals surface area contributed by atoms with Crippen LogP contribution in [0, 0.1) is 0 Å². The average molecular weight is 373 g/mol. The summed E-state index contributed by atoms with van der Waals surface area (Å²) >= 11 is 0. The molecule has 0 aliphatic rings. The Kier molecular flexibility index (Phi) is 5.59. The van der Waals surface area contributed by atoms with Crippen LogP contribution in [0.3, 0.4) is 0 Å². The maximum Gasteiger partial charge on any atom is 0.255 e. The van der Waals surface area contributed by atoms with Crippen LogP contribution >= 0.6 is 0 Å². The number of allylic oxidation sites excluding steroid dienone is 1. The summed E-state index contributed by atoms with van der Waals surface area (Å²) in [6.07, 6.45) is 4.64. The van der Waals surface area contributed by atoms with Crippen LogP contribution in [-0.4, -0.2) is 11.7 Å². The van der Waals surface area contributed by atoms with Gasteiger partial charge in [0.05, 0.1) is 6.26 Å². The SMILES string of the molecule is CC(C)(C)c1ccc(C(=O)Nc2ccc(C(=O)C=Cc3ccco3)cc2)cc1. The Balaban J connectivity index is 1.63. The first kappa shape index (κ1) is 19.4. The Bertz CT molecular complexity index is 974. The molecular weight excluding hydrogens is 350 g/mol. The van der Waals surface area contributed by atoms with Crippen LogP contribution in [-0.2, 0) is 5.41 Å². The monoisotopic (exact) mass is 373 g/mol. The minimum Gasteiger partial charge on any atom is -0.465 e. The van der Waals surface area contributed by atoms with Crippen LogP contribution in [0.5, 0.6) is 0 Å². The maximum atomic E-state index is 12.4. The van der Waals surface area contributed by atoms with Gasteiger partial charge in [-0.3, -0.25) is 9.59 Å². The topological polar surface area (TPSA) is 59.3 Å². The van der Waals surface area contributed by atoms with Crippen molar-refractivity contribution < 1.29 is 14.0 Å². The van der Waals surface area contributed by atoms with E-state index in [1.807, 2.05) is 24.3 Å². The van der Waals surface area contributed by atoms with Crippen molar-refractivity contribution in [3.05, 3.63) is 95.5 Å². The number of anilines is 1. The van der Waals surface area contributed by atoms with E-state index in [0.717, 1.165) is 0 Å². The second-order valence-electron chi connectivity index (χ2n) is 7.57. The van der Waals surface area contributed by atoms with E-state index in [2.05, 4.69) is 26.1 Å².